The summed E-state index contributed by atoms with van der Waals surface area (Å²) in [5, 5.41) is 6.59. The number of thiazole rings is 1. The predicted octanol–water partition coefficient (Wildman–Crippen LogP) is 4.09. The third-order valence-corrected chi connectivity index (χ3v) is 6.48. The Morgan fingerprint density at radius 3 is 2.70 bits per heavy atom. The molecule has 0 spiro atoms. The number of nitrogens with zero attached hydrogens (tertiary/aromatic N) is 2. The summed E-state index contributed by atoms with van der Waals surface area (Å²) in [5.41, 5.74) is 4.17. The first-order chi connectivity index (χ1) is 13.0. The van der Waals surface area contributed by atoms with E-state index in [0.717, 1.165) is 41.1 Å². The molecule has 1 fully saturated rings. The maximum Gasteiger partial charge on any atom is 0.322 e. The first-order valence-corrected chi connectivity index (χ1v) is 10.2. The Balaban J connectivity index is 1.39. The lowest BCUT2D eigenvalue weighted by atomic mass is 9.85. The van der Waals surface area contributed by atoms with Crippen molar-refractivity contribution in [3.8, 4) is 0 Å². The third kappa shape index (κ3) is 3.83. The number of carbonyl (C=O) groups is 2. The molecule has 1 saturated carbocycles. The van der Waals surface area contributed by atoms with Crippen LogP contribution in [0.1, 0.15) is 41.0 Å². The van der Waals surface area contributed by atoms with Crippen molar-refractivity contribution in [2.45, 2.75) is 46.1 Å². The maximum atomic E-state index is 12.6. The molecule has 1 aliphatic heterocycles. The summed E-state index contributed by atoms with van der Waals surface area (Å²) in [6.07, 6.45) is 3.80. The molecule has 1 aromatic heterocycles. The van der Waals surface area contributed by atoms with Crippen LogP contribution in [0.3, 0.4) is 0 Å². The van der Waals surface area contributed by atoms with Gasteiger partial charge in [-0.3, -0.25) is 4.79 Å². The van der Waals surface area contributed by atoms with Crippen molar-refractivity contribution in [2.75, 3.05) is 17.2 Å². The molecule has 4 rings (SSSR count). The largest absolute Gasteiger partial charge is 0.322 e. The van der Waals surface area contributed by atoms with Crippen LogP contribution >= 0.6 is 11.3 Å². The zero-order chi connectivity index (χ0) is 19.0. The van der Waals surface area contributed by atoms with Crippen LogP contribution in [0.15, 0.2) is 18.2 Å². The van der Waals surface area contributed by atoms with E-state index >= 15 is 0 Å². The van der Waals surface area contributed by atoms with E-state index in [2.05, 4.69) is 22.5 Å². The van der Waals surface area contributed by atoms with Crippen molar-refractivity contribution >= 4 is 34.1 Å². The second kappa shape index (κ2) is 7.31. The number of benzene rings is 1. The third-order valence-electron chi connectivity index (χ3n) is 5.48. The zero-order valence-electron chi connectivity index (χ0n) is 15.7. The summed E-state index contributed by atoms with van der Waals surface area (Å²) in [7, 11) is 0. The van der Waals surface area contributed by atoms with Gasteiger partial charge in [-0.2, -0.15) is 0 Å². The number of aromatic nitrogens is 1. The average Bonchev–Trinajstić information content (AvgIpc) is 2.97. The Morgan fingerprint density at radius 1 is 1.19 bits per heavy atom. The number of hydrogen-bond donors (Lipinski definition) is 2. The van der Waals surface area contributed by atoms with Crippen LogP contribution < -0.4 is 10.6 Å². The Bertz CT molecular complexity index is 888. The fraction of sp³-hybridized carbons (Fsp3) is 0.450. The Morgan fingerprint density at radius 2 is 2.00 bits per heavy atom. The molecule has 1 aromatic carbocycles. The molecule has 27 heavy (non-hydrogen) atoms. The van der Waals surface area contributed by atoms with Gasteiger partial charge in [0.25, 0.3) is 0 Å². The lowest BCUT2D eigenvalue weighted by Gasteiger charge is -2.26. The molecule has 2 heterocycles. The molecule has 6 nitrogen and oxygen atoms in total. The van der Waals surface area contributed by atoms with Crippen LogP contribution in [-0.4, -0.2) is 28.4 Å². The van der Waals surface area contributed by atoms with E-state index in [4.69, 9.17) is 0 Å². The number of rotatable bonds is 3. The molecular formula is C20H24N4O2S. The van der Waals surface area contributed by atoms with Crippen LogP contribution in [0.2, 0.25) is 0 Å². The first kappa shape index (κ1) is 18.0. The van der Waals surface area contributed by atoms with Crippen LogP contribution in [0.25, 0.3) is 0 Å². The maximum absolute atomic E-state index is 12.6. The van der Waals surface area contributed by atoms with Gasteiger partial charge in [0.05, 0.1) is 12.2 Å². The van der Waals surface area contributed by atoms with Gasteiger partial charge in [0.15, 0.2) is 5.13 Å². The van der Waals surface area contributed by atoms with Crippen molar-refractivity contribution in [2.24, 2.45) is 5.92 Å². The van der Waals surface area contributed by atoms with Gasteiger partial charge in [0, 0.05) is 29.4 Å². The highest BCUT2D eigenvalue weighted by Crippen LogP contribution is 2.31. The van der Waals surface area contributed by atoms with Crippen LogP contribution in [0, 0.1) is 19.8 Å². The molecule has 0 radical (unpaired) electrons. The molecule has 2 aliphatic rings. The fourth-order valence-electron chi connectivity index (χ4n) is 3.32. The Hall–Kier alpha value is -2.41. The van der Waals surface area contributed by atoms with Crippen molar-refractivity contribution in [3.05, 3.63) is 39.9 Å². The van der Waals surface area contributed by atoms with E-state index in [1.54, 1.807) is 4.90 Å². The van der Waals surface area contributed by atoms with Gasteiger partial charge in [-0.05, 0) is 49.9 Å². The first-order valence-electron chi connectivity index (χ1n) is 9.42. The van der Waals surface area contributed by atoms with Gasteiger partial charge < -0.3 is 15.5 Å². The molecule has 142 valence electrons. The molecule has 2 N–H and O–H groups in total. The van der Waals surface area contributed by atoms with Gasteiger partial charge in [-0.25, -0.2) is 9.78 Å². The minimum absolute atomic E-state index is 0.0803. The molecule has 2 aromatic rings. The standard InChI is InChI=1S/C20H24N4O2S/c1-12-6-7-15(10-13(12)2)21-20(26)24-9-8-16-17(11-24)27-19(22-16)23-18(25)14-4-3-5-14/h6-7,10,14H,3-5,8-9,11H2,1-2H3,(H,21,26)(H,22,23,25). The van der Waals surface area contributed by atoms with Gasteiger partial charge in [-0.1, -0.05) is 23.8 Å². The highest BCUT2D eigenvalue weighted by atomic mass is 32.1. The minimum Gasteiger partial charge on any atom is -0.319 e. The number of fused-ring (bicyclic) bond motifs is 1. The average molecular weight is 385 g/mol. The molecule has 1 aliphatic carbocycles. The molecular weight excluding hydrogens is 360 g/mol. The fourth-order valence-corrected chi connectivity index (χ4v) is 4.35. The number of carbonyl (C=O) groups excluding carboxylic acids is 2. The minimum atomic E-state index is -0.0997. The second-order valence-electron chi connectivity index (χ2n) is 7.41. The summed E-state index contributed by atoms with van der Waals surface area (Å²) < 4.78 is 0. The van der Waals surface area contributed by atoms with Crippen molar-refractivity contribution in [1.29, 1.82) is 0 Å². The SMILES string of the molecule is Cc1ccc(NC(=O)N2CCc3nc(NC(=O)C4CCC4)sc3C2)cc1C. The van der Waals surface area contributed by atoms with Crippen molar-refractivity contribution in [1.82, 2.24) is 9.88 Å². The monoisotopic (exact) mass is 384 g/mol. The van der Waals surface area contributed by atoms with E-state index < -0.39 is 0 Å². The summed E-state index contributed by atoms with van der Waals surface area (Å²) in [6, 6.07) is 5.83. The quantitative estimate of drug-likeness (QED) is 0.837. The van der Waals surface area contributed by atoms with Gasteiger partial charge in [-0.15, -0.1) is 0 Å². The van der Waals surface area contributed by atoms with E-state index in [1.807, 2.05) is 25.1 Å². The summed E-state index contributed by atoms with van der Waals surface area (Å²) in [4.78, 5) is 32.2. The molecule has 0 unspecified atom stereocenters. The summed E-state index contributed by atoms with van der Waals surface area (Å²) in [6.45, 7) is 5.25. The lowest BCUT2D eigenvalue weighted by Crippen LogP contribution is -2.38. The van der Waals surface area contributed by atoms with Crippen LogP contribution in [0.5, 0.6) is 0 Å². The number of amides is 3. The lowest BCUT2D eigenvalue weighted by molar-refractivity contribution is -0.122. The number of urea groups is 1. The number of hydrogen-bond acceptors (Lipinski definition) is 4. The summed E-state index contributed by atoms with van der Waals surface area (Å²) >= 11 is 1.48. The van der Waals surface area contributed by atoms with Crippen LogP contribution in [-0.2, 0) is 17.8 Å². The topological polar surface area (TPSA) is 74.3 Å². The highest BCUT2D eigenvalue weighted by Gasteiger charge is 2.28. The molecule has 0 atom stereocenters. The van der Waals surface area contributed by atoms with Gasteiger partial charge in [0.1, 0.15) is 0 Å². The molecule has 0 bridgehead atoms. The second-order valence-corrected chi connectivity index (χ2v) is 8.49. The number of aryl methyl sites for hydroxylation is 2. The number of anilines is 2. The van der Waals surface area contributed by atoms with Crippen molar-refractivity contribution < 1.29 is 9.59 Å². The van der Waals surface area contributed by atoms with E-state index in [-0.39, 0.29) is 17.9 Å². The number of nitrogens with one attached hydrogen (secondary N) is 2. The smallest absolute Gasteiger partial charge is 0.319 e. The molecule has 0 saturated heterocycles. The predicted molar refractivity (Wildman–Crippen MR) is 107 cm³/mol. The molecule has 7 heteroatoms. The highest BCUT2D eigenvalue weighted by molar-refractivity contribution is 7.15. The van der Waals surface area contributed by atoms with Gasteiger partial charge >= 0.3 is 6.03 Å². The Labute approximate surface area is 163 Å². The van der Waals surface area contributed by atoms with E-state index in [0.29, 0.717) is 24.6 Å². The van der Waals surface area contributed by atoms with Crippen molar-refractivity contribution in [3.63, 3.8) is 0 Å². The summed E-state index contributed by atoms with van der Waals surface area (Å²) in [5.74, 6) is 0.225. The van der Waals surface area contributed by atoms with E-state index in [1.165, 1.54) is 16.9 Å². The normalized spacial score (nSPS) is 16.4. The van der Waals surface area contributed by atoms with Crippen LogP contribution in [0.4, 0.5) is 15.6 Å². The zero-order valence-corrected chi connectivity index (χ0v) is 16.5. The Kier molecular flexibility index (Phi) is 4.86. The van der Waals surface area contributed by atoms with E-state index in [9.17, 15) is 9.59 Å². The molecule has 3 amide bonds. The van der Waals surface area contributed by atoms with Gasteiger partial charge in [0.2, 0.25) is 5.91 Å².